The van der Waals surface area contributed by atoms with Gasteiger partial charge in [0.15, 0.2) is 0 Å². The van der Waals surface area contributed by atoms with Crippen LogP contribution in [-0.4, -0.2) is 35.2 Å². The Morgan fingerprint density at radius 1 is 1.57 bits per heavy atom. The van der Waals surface area contributed by atoms with Gasteiger partial charge in [0.05, 0.1) is 11.3 Å². The van der Waals surface area contributed by atoms with Crippen LogP contribution in [0.4, 0.5) is 0 Å². The van der Waals surface area contributed by atoms with E-state index in [4.69, 9.17) is 4.52 Å². The molecule has 1 saturated heterocycles. The maximum Gasteiger partial charge on any atom is 0.254 e. The van der Waals surface area contributed by atoms with Crippen molar-refractivity contribution in [3.8, 4) is 0 Å². The predicted molar refractivity (Wildman–Crippen MR) is 88.4 cm³/mol. The van der Waals surface area contributed by atoms with Crippen molar-refractivity contribution in [2.75, 3.05) is 13.1 Å². The Hall–Kier alpha value is -1.86. The van der Waals surface area contributed by atoms with E-state index in [0.29, 0.717) is 11.3 Å². The zero-order valence-electron chi connectivity index (χ0n) is 13.0. The second kappa shape index (κ2) is 7.61. The molecule has 0 spiro atoms. The number of thioether (sulfide) groups is 1. The van der Waals surface area contributed by atoms with E-state index in [-0.39, 0.29) is 11.9 Å². The molecule has 1 aliphatic heterocycles. The van der Waals surface area contributed by atoms with Gasteiger partial charge in [0, 0.05) is 30.6 Å². The third-order valence-electron chi connectivity index (χ3n) is 3.68. The normalized spacial score (nSPS) is 17.9. The van der Waals surface area contributed by atoms with Crippen molar-refractivity contribution in [2.45, 2.75) is 36.6 Å². The average molecular weight is 332 g/mol. The van der Waals surface area contributed by atoms with E-state index < -0.39 is 0 Å². The van der Waals surface area contributed by atoms with E-state index in [1.807, 2.05) is 19.1 Å². The smallest absolute Gasteiger partial charge is 0.254 e. The fraction of sp³-hybridized carbons (Fsp3) is 0.438. The van der Waals surface area contributed by atoms with Crippen molar-refractivity contribution < 1.29 is 9.32 Å². The van der Waals surface area contributed by atoms with E-state index in [9.17, 15) is 4.79 Å². The van der Waals surface area contributed by atoms with Crippen LogP contribution in [0.25, 0.3) is 0 Å². The van der Waals surface area contributed by atoms with Crippen molar-refractivity contribution >= 4 is 17.7 Å². The lowest BCUT2D eigenvalue weighted by molar-refractivity contribution is 0.0927. The first-order valence-corrected chi connectivity index (χ1v) is 8.72. The number of aryl methyl sites for hydroxylation is 1. The third kappa shape index (κ3) is 4.33. The van der Waals surface area contributed by atoms with Gasteiger partial charge in [-0.25, -0.2) is 4.98 Å². The molecule has 1 atom stereocenters. The summed E-state index contributed by atoms with van der Waals surface area (Å²) in [4.78, 5) is 16.9. The van der Waals surface area contributed by atoms with E-state index >= 15 is 0 Å². The standard InChI is InChI=1S/C16H20N4O2S/c1-11-8-13(20-22-11)10-23-16-14(5-3-7-18-16)15(21)19-12-4-2-6-17-9-12/h3,5,7-8,12,17H,2,4,6,9-10H2,1H3,(H,19,21)/t12-/m0/s1. The molecule has 23 heavy (non-hydrogen) atoms. The number of nitrogens with one attached hydrogen (secondary N) is 2. The number of pyridine rings is 1. The fourth-order valence-corrected chi connectivity index (χ4v) is 3.42. The van der Waals surface area contributed by atoms with Gasteiger partial charge in [-0.1, -0.05) is 16.9 Å². The molecular weight excluding hydrogens is 312 g/mol. The van der Waals surface area contributed by atoms with Crippen LogP contribution in [0.1, 0.15) is 34.7 Å². The number of carbonyl (C=O) groups excluding carboxylic acids is 1. The van der Waals surface area contributed by atoms with Gasteiger partial charge in [0.1, 0.15) is 10.8 Å². The monoisotopic (exact) mass is 332 g/mol. The first-order valence-electron chi connectivity index (χ1n) is 7.74. The van der Waals surface area contributed by atoms with E-state index in [1.165, 1.54) is 11.8 Å². The zero-order valence-corrected chi connectivity index (χ0v) is 13.9. The van der Waals surface area contributed by atoms with Crippen molar-refractivity contribution in [1.82, 2.24) is 20.8 Å². The Morgan fingerprint density at radius 2 is 2.48 bits per heavy atom. The summed E-state index contributed by atoms with van der Waals surface area (Å²) in [7, 11) is 0. The second-order valence-corrected chi connectivity index (χ2v) is 6.55. The quantitative estimate of drug-likeness (QED) is 0.817. The average Bonchev–Trinajstić information content (AvgIpc) is 2.99. The highest BCUT2D eigenvalue weighted by molar-refractivity contribution is 7.98. The van der Waals surface area contributed by atoms with Crippen LogP contribution in [0.5, 0.6) is 0 Å². The fourth-order valence-electron chi connectivity index (χ4n) is 2.55. The number of rotatable bonds is 5. The number of amides is 1. The number of aromatic nitrogens is 2. The van der Waals surface area contributed by atoms with Gasteiger partial charge < -0.3 is 15.2 Å². The molecular formula is C16H20N4O2S. The number of piperidine rings is 1. The molecule has 1 amide bonds. The van der Waals surface area contributed by atoms with Gasteiger partial charge in [-0.05, 0) is 38.4 Å². The summed E-state index contributed by atoms with van der Waals surface area (Å²) in [6, 6.07) is 5.68. The van der Waals surface area contributed by atoms with Crippen LogP contribution in [0.15, 0.2) is 33.9 Å². The summed E-state index contributed by atoms with van der Waals surface area (Å²) in [6.45, 7) is 3.71. The van der Waals surface area contributed by atoms with Gasteiger partial charge in [0.2, 0.25) is 0 Å². The van der Waals surface area contributed by atoms with Crippen LogP contribution in [0.2, 0.25) is 0 Å². The third-order valence-corrected chi connectivity index (χ3v) is 4.72. The van der Waals surface area contributed by atoms with Crippen molar-refractivity contribution in [2.24, 2.45) is 0 Å². The zero-order chi connectivity index (χ0) is 16.1. The highest BCUT2D eigenvalue weighted by atomic mass is 32.2. The molecule has 0 saturated carbocycles. The Labute approximate surface area is 139 Å². The molecule has 0 bridgehead atoms. The highest BCUT2D eigenvalue weighted by Crippen LogP contribution is 2.24. The summed E-state index contributed by atoms with van der Waals surface area (Å²) in [5.41, 5.74) is 1.46. The molecule has 0 radical (unpaired) electrons. The summed E-state index contributed by atoms with van der Waals surface area (Å²) in [5, 5.41) is 11.1. The lowest BCUT2D eigenvalue weighted by Crippen LogP contribution is -2.45. The highest BCUT2D eigenvalue weighted by Gasteiger charge is 2.19. The summed E-state index contributed by atoms with van der Waals surface area (Å²) >= 11 is 1.49. The van der Waals surface area contributed by atoms with Gasteiger partial charge in [-0.2, -0.15) is 0 Å². The summed E-state index contributed by atoms with van der Waals surface area (Å²) < 4.78 is 5.06. The summed E-state index contributed by atoms with van der Waals surface area (Å²) in [6.07, 6.45) is 3.81. The number of carbonyl (C=O) groups is 1. The Bertz CT molecular complexity index is 668. The van der Waals surface area contributed by atoms with Crippen LogP contribution in [0.3, 0.4) is 0 Å². The molecule has 7 heteroatoms. The molecule has 6 nitrogen and oxygen atoms in total. The van der Waals surface area contributed by atoms with Gasteiger partial charge >= 0.3 is 0 Å². The maximum absolute atomic E-state index is 12.5. The largest absolute Gasteiger partial charge is 0.361 e. The Morgan fingerprint density at radius 3 is 3.22 bits per heavy atom. The van der Waals surface area contributed by atoms with Crippen LogP contribution in [0, 0.1) is 6.92 Å². The topological polar surface area (TPSA) is 80.0 Å². The molecule has 2 aromatic heterocycles. The minimum absolute atomic E-state index is 0.0642. The van der Waals surface area contributed by atoms with E-state index in [1.54, 1.807) is 12.3 Å². The minimum Gasteiger partial charge on any atom is -0.361 e. The molecule has 1 fully saturated rings. The molecule has 3 heterocycles. The van der Waals surface area contributed by atoms with Gasteiger partial charge in [-0.15, -0.1) is 0 Å². The molecule has 122 valence electrons. The van der Waals surface area contributed by atoms with Crippen molar-refractivity contribution in [1.29, 1.82) is 0 Å². The van der Waals surface area contributed by atoms with E-state index in [0.717, 1.165) is 42.4 Å². The van der Waals surface area contributed by atoms with Crippen LogP contribution >= 0.6 is 11.8 Å². The molecule has 3 rings (SSSR count). The van der Waals surface area contributed by atoms with E-state index in [2.05, 4.69) is 20.8 Å². The number of hydrogen-bond acceptors (Lipinski definition) is 6. The summed E-state index contributed by atoms with van der Waals surface area (Å²) in [5.74, 6) is 1.34. The first-order chi connectivity index (χ1) is 11.2. The maximum atomic E-state index is 12.5. The second-order valence-electron chi connectivity index (χ2n) is 5.59. The molecule has 0 aromatic carbocycles. The van der Waals surface area contributed by atoms with Crippen LogP contribution < -0.4 is 10.6 Å². The lowest BCUT2D eigenvalue weighted by Gasteiger charge is -2.24. The Balaban J connectivity index is 1.65. The molecule has 2 aromatic rings. The van der Waals surface area contributed by atoms with Crippen LogP contribution in [-0.2, 0) is 5.75 Å². The Kier molecular flexibility index (Phi) is 5.30. The molecule has 2 N–H and O–H groups in total. The van der Waals surface area contributed by atoms with Gasteiger partial charge in [0.25, 0.3) is 5.91 Å². The SMILES string of the molecule is Cc1cc(CSc2ncccc2C(=O)N[C@H]2CCCNC2)no1. The van der Waals surface area contributed by atoms with Gasteiger partial charge in [-0.3, -0.25) is 4.79 Å². The lowest BCUT2D eigenvalue weighted by atomic mass is 10.1. The molecule has 0 unspecified atom stereocenters. The van der Waals surface area contributed by atoms with Crippen molar-refractivity contribution in [3.05, 3.63) is 41.4 Å². The molecule has 1 aliphatic rings. The number of nitrogens with zero attached hydrogens (tertiary/aromatic N) is 2. The predicted octanol–water partition coefficient (Wildman–Crippen LogP) is 2.15. The van der Waals surface area contributed by atoms with Crippen molar-refractivity contribution in [3.63, 3.8) is 0 Å². The minimum atomic E-state index is -0.0642. The number of hydrogen-bond donors (Lipinski definition) is 2. The first kappa shape index (κ1) is 16.0. The molecule has 0 aliphatic carbocycles.